The van der Waals surface area contributed by atoms with E-state index in [1.54, 1.807) is 6.20 Å². The molecule has 1 saturated carbocycles. The highest BCUT2D eigenvalue weighted by Gasteiger charge is 2.51. The van der Waals surface area contributed by atoms with E-state index < -0.39 is 0 Å². The van der Waals surface area contributed by atoms with Gasteiger partial charge in [-0.1, -0.05) is 44.2 Å². The zero-order valence-corrected chi connectivity index (χ0v) is 15.3. The Morgan fingerprint density at radius 3 is 2.48 bits per heavy atom. The van der Waals surface area contributed by atoms with Crippen LogP contribution >= 0.6 is 0 Å². The van der Waals surface area contributed by atoms with Crippen molar-refractivity contribution in [2.75, 3.05) is 5.32 Å². The number of carbonyl (C=O) groups is 1. The quantitative estimate of drug-likeness (QED) is 0.717. The average molecular weight is 335 g/mol. The summed E-state index contributed by atoms with van der Waals surface area (Å²) >= 11 is 0. The van der Waals surface area contributed by atoms with Crippen LogP contribution in [0.25, 0.3) is 11.0 Å². The maximum atomic E-state index is 12.8. The molecule has 0 saturated heterocycles. The van der Waals surface area contributed by atoms with E-state index in [9.17, 15) is 4.79 Å². The lowest BCUT2D eigenvalue weighted by atomic mass is 9.95. The Hall–Kier alpha value is -2.62. The van der Waals surface area contributed by atoms with Crippen LogP contribution in [0, 0.1) is 13.8 Å². The minimum absolute atomic E-state index is 0.0646. The van der Waals surface area contributed by atoms with E-state index in [1.165, 1.54) is 5.56 Å². The molecule has 130 valence electrons. The SMILES string of the molecule is CC.Cc1[nH]c2ncc(NC(=O)C3(c4ccccc4)CC3)cc2c1C. The fourth-order valence-corrected chi connectivity index (χ4v) is 3.17. The number of pyridine rings is 1. The third kappa shape index (κ3) is 3.04. The van der Waals surface area contributed by atoms with Crippen molar-refractivity contribution in [1.29, 1.82) is 0 Å². The van der Waals surface area contributed by atoms with Gasteiger partial charge in [0.15, 0.2) is 0 Å². The van der Waals surface area contributed by atoms with E-state index >= 15 is 0 Å². The van der Waals surface area contributed by atoms with Crippen molar-refractivity contribution in [2.24, 2.45) is 0 Å². The van der Waals surface area contributed by atoms with Crippen LogP contribution in [0.4, 0.5) is 5.69 Å². The number of aromatic nitrogens is 2. The van der Waals surface area contributed by atoms with Crippen molar-refractivity contribution in [1.82, 2.24) is 9.97 Å². The van der Waals surface area contributed by atoms with Crippen LogP contribution in [0.1, 0.15) is 43.5 Å². The van der Waals surface area contributed by atoms with Crippen molar-refractivity contribution in [3.05, 3.63) is 59.4 Å². The van der Waals surface area contributed by atoms with Gasteiger partial charge in [0.25, 0.3) is 0 Å². The lowest BCUT2D eigenvalue weighted by molar-refractivity contribution is -0.118. The van der Waals surface area contributed by atoms with E-state index in [0.717, 1.165) is 40.8 Å². The molecule has 2 N–H and O–H groups in total. The molecule has 25 heavy (non-hydrogen) atoms. The standard InChI is InChI=1S/C19H19N3O.C2H6/c1-12-13(2)21-17-16(12)10-15(11-20-17)22-18(23)19(8-9-19)14-6-4-3-5-7-14;1-2/h3-7,10-11H,8-9H2,1-2H3,(H,20,21)(H,22,23);1-2H3. The molecule has 0 bridgehead atoms. The number of benzene rings is 1. The van der Waals surface area contributed by atoms with Gasteiger partial charge in [0.05, 0.1) is 17.3 Å². The van der Waals surface area contributed by atoms with E-state index in [0.29, 0.717) is 0 Å². The fourth-order valence-electron chi connectivity index (χ4n) is 3.17. The summed E-state index contributed by atoms with van der Waals surface area (Å²) in [5.41, 5.74) is 4.64. The topological polar surface area (TPSA) is 57.8 Å². The number of aryl methyl sites for hydroxylation is 2. The second-order valence-corrected chi connectivity index (χ2v) is 6.40. The molecule has 1 amide bonds. The first-order valence-corrected chi connectivity index (χ1v) is 8.92. The molecule has 0 aliphatic heterocycles. The van der Waals surface area contributed by atoms with Crippen molar-refractivity contribution in [2.45, 2.75) is 46.0 Å². The molecular weight excluding hydrogens is 310 g/mol. The van der Waals surface area contributed by atoms with Crippen LogP contribution in [0.5, 0.6) is 0 Å². The number of H-pyrrole nitrogens is 1. The minimum Gasteiger partial charge on any atom is -0.343 e. The highest BCUT2D eigenvalue weighted by atomic mass is 16.2. The van der Waals surface area contributed by atoms with Gasteiger partial charge in [0, 0.05) is 11.1 Å². The summed E-state index contributed by atoms with van der Waals surface area (Å²) in [6.45, 7) is 8.09. The van der Waals surface area contributed by atoms with Crippen molar-refractivity contribution >= 4 is 22.6 Å². The van der Waals surface area contributed by atoms with Gasteiger partial charge in [-0.05, 0) is 43.9 Å². The summed E-state index contributed by atoms with van der Waals surface area (Å²) in [5.74, 6) is 0.0646. The first-order valence-electron chi connectivity index (χ1n) is 8.92. The monoisotopic (exact) mass is 335 g/mol. The summed E-state index contributed by atoms with van der Waals surface area (Å²) in [6.07, 6.45) is 3.53. The number of aromatic amines is 1. The average Bonchev–Trinajstić information content (AvgIpc) is 3.42. The highest BCUT2D eigenvalue weighted by Crippen LogP contribution is 2.48. The number of carbonyl (C=O) groups excluding carboxylic acids is 1. The summed E-state index contributed by atoms with van der Waals surface area (Å²) in [5, 5.41) is 4.12. The zero-order chi connectivity index (χ0) is 18.0. The number of hydrogen-bond donors (Lipinski definition) is 2. The Morgan fingerprint density at radius 2 is 1.84 bits per heavy atom. The van der Waals surface area contributed by atoms with Crippen LogP contribution in [0.3, 0.4) is 0 Å². The van der Waals surface area contributed by atoms with Crippen molar-refractivity contribution in [3.63, 3.8) is 0 Å². The molecule has 4 heteroatoms. The smallest absolute Gasteiger partial charge is 0.235 e. The summed E-state index contributed by atoms with van der Waals surface area (Å²) in [4.78, 5) is 20.4. The molecule has 0 unspecified atom stereocenters. The van der Waals surface area contributed by atoms with Crippen LogP contribution in [0.2, 0.25) is 0 Å². The molecule has 1 aromatic carbocycles. The number of nitrogens with zero attached hydrogens (tertiary/aromatic N) is 1. The third-order valence-corrected chi connectivity index (χ3v) is 4.93. The van der Waals surface area contributed by atoms with Gasteiger partial charge < -0.3 is 10.3 Å². The van der Waals surface area contributed by atoms with Crippen LogP contribution in [-0.4, -0.2) is 15.9 Å². The minimum atomic E-state index is -0.362. The summed E-state index contributed by atoms with van der Waals surface area (Å²) in [6, 6.07) is 12.0. The van der Waals surface area contributed by atoms with Crippen LogP contribution in [0.15, 0.2) is 42.6 Å². The number of fused-ring (bicyclic) bond motifs is 1. The molecule has 2 aromatic heterocycles. The van der Waals surface area contributed by atoms with Gasteiger partial charge >= 0.3 is 0 Å². The Labute approximate surface area is 148 Å². The van der Waals surface area contributed by atoms with Crippen molar-refractivity contribution < 1.29 is 4.79 Å². The van der Waals surface area contributed by atoms with Crippen LogP contribution < -0.4 is 5.32 Å². The first-order chi connectivity index (χ1) is 12.1. The molecule has 1 aliphatic rings. The summed E-state index contributed by atoms with van der Waals surface area (Å²) < 4.78 is 0. The molecule has 3 aromatic rings. The number of nitrogens with one attached hydrogen (secondary N) is 2. The molecule has 1 fully saturated rings. The van der Waals surface area contributed by atoms with E-state index in [4.69, 9.17) is 0 Å². The maximum Gasteiger partial charge on any atom is 0.235 e. The lowest BCUT2D eigenvalue weighted by Gasteiger charge is -2.15. The number of anilines is 1. The van der Waals surface area contributed by atoms with Gasteiger partial charge in [-0.25, -0.2) is 4.98 Å². The van der Waals surface area contributed by atoms with Crippen LogP contribution in [-0.2, 0) is 10.2 Å². The van der Waals surface area contributed by atoms with E-state index in [2.05, 4.69) is 22.2 Å². The van der Waals surface area contributed by atoms with Gasteiger partial charge in [-0.3, -0.25) is 4.79 Å². The zero-order valence-electron chi connectivity index (χ0n) is 15.3. The molecule has 4 rings (SSSR count). The molecule has 0 atom stereocenters. The Balaban J connectivity index is 0.000000880. The molecule has 0 spiro atoms. The van der Waals surface area contributed by atoms with E-state index in [1.807, 2.05) is 57.2 Å². The highest BCUT2D eigenvalue weighted by molar-refractivity contribution is 6.02. The van der Waals surface area contributed by atoms with Crippen molar-refractivity contribution in [3.8, 4) is 0 Å². The predicted molar refractivity (Wildman–Crippen MR) is 103 cm³/mol. The third-order valence-electron chi connectivity index (χ3n) is 4.93. The Bertz CT molecular complexity index is 892. The molecule has 1 aliphatic carbocycles. The van der Waals surface area contributed by atoms with Gasteiger partial charge in [0.1, 0.15) is 5.65 Å². The molecule has 0 radical (unpaired) electrons. The Kier molecular flexibility index (Phi) is 4.62. The molecule has 4 nitrogen and oxygen atoms in total. The molecule has 2 heterocycles. The lowest BCUT2D eigenvalue weighted by Crippen LogP contribution is -2.27. The molecular formula is C21H25N3O. The second kappa shape index (κ2) is 6.71. The van der Waals surface area contributed by atoms with Gasteiger partial charge in [-0.15, -0.1) is 0 Å². The normalized spacial score (nSPS) is 14.6. The number of hydrogen-bond acceptors (Lipinski definition) is 2. The van der Waals surface area contributed by atoms with Gasteiger partial charge in [0.2, 0.25) is 5.91 Å². The largest absolute Gasteiger partial charge is 0.343 e. The van der Waals surface area contributed by atoms with Gasteiger partial charge in [-0.2, -0.15) is 0 Å². The first kappa shape index (κ1) is 17.2. The predicted octanol–water partition coefficient (Wildman–Crippen LogP) is 4.88. The Morgan fingerprint density at radius 1 is 1.16 bits per heavy atom. The maximum absolute atomic E-state index is 12.8. The fraction of sp³-hybridized carbons (Fsp3) is 0.333. The number of amides is 1. The second-order valence-electron chi connectivity index (χ2n) is 6.40. The number of rotatable bonds is 3. The van der Waals surface area contributed by atoms with E-state index in [-0.39, 0.29) is 11.3 Å². The summed E-state index contributed by atoms with van der Waals surface area (Å²) in [7, 11) is 0.